The van der Waals surface area contributed by atoms with Crippen LogP contribution >= 0.6 is 11.6 Å². The van der Waals surface area contributed by atoms with Crippen LogP contribution in [0.15, 0.2) is 24.3 Å². The van der Waals surface area contributed by atoms with Crippen LogP contribution in [0.2, 0.25) is 5.02 Å². The van der Waals surface area contributed by atoms with Gasteiger partial charge in [-0.25, -0.2) is 0 Å². The monoisotopic (exact) mass is 283 g/mol. The second kappa shape index (κ2) is 6.40. The Kier molecular flexibility index (Phi) is 5.39. The molecule has 0 saturated heterocycles. The standard InChI is InChI=1S/C15H22ClNO2/c1-10(17-15(3,4)5)14(19-11(2)18)12-7-6-8-13(16)9-12/h6-10,14,17H,1-5H3/t10?,14-/m1/s1. The van der Waals surface area contributed by atoms with E-state index in [4.69, 9.17) is 16.3 Å². The Balaban J connectivity index is 2.97. The van der Waals surface area contributed by atoms with Gasteiger partial charge in [0.25, 0.3) is 0 Å². The molecule has 19 heavy (non-hydrogen) atoms. The fourth-order valence-electron chi connectivity index (χ4n) is 2.08. The molecule has 0 aliphatic carbocycles. The average molecular weight is 284 g/mol. The van der Waals surface area contributed by atoms with Gasteiger partial charge in [-0.15, -0.1) is 0 Å². The normalized spacial score (nSPS) is 14.8. The largest absolute Gasteiger partial charge is 0.456 e. The van der Waals surface area contributed by atoms with Gasteiger partial charge in [0.05, 0.1) is 0 Å². The molecular formula is C15H22ClNO2. The molecule has 0 aliphatic rings. The van der Waals surface area contributed by atoms with E-state index in [-0.39, 0.29) is 23.7 Å². The molecule has 0 spiro atoms. The van der Waals surface area contributed by atoms with Gasteiger partial charge in [0, 0.05) is 23.5 Å². The lowest BCUT2D eigenvalue weighted by Gasteiger charge is -2.31. The van der Waals surface area contributed by atoms with Crippen molar-refractivity contribution in [1.82, 2.24) is 5.32 Å². The fourth-order valence-corrected chi connectivity index (χ4v) is 2.28. The first-order chi connectivity index (χ1) is 8.69. The number of hydrogen-bond acceptors (Lipinski definition) is 3. The number of esters is 1. The van der Waals surface area contributed by atoms with E-state index in [9.17, 15) is 4.79 Å². The number of hydrogen-bond donors (Lipinski definition) is 1. The Morgan fingerprint density at radius 3 is 2.47 bits per heavy atom. The summed E-state index contributed by atoms with van der Waals surface area (Å²) >= 11 is 6.00. The second-order valence-corrected chi connectivity index (χ2v) is 6.20. The van der Waals surface area contributed by atoms with Crippen molar-refractivity contribution in [1.29, 1.82) is 0 Å². The number of ether oxygens (including phenoxy) is 1. The molecule has 0 bridgehead atoms. The van der Waals surface area contributed by atoms with Crippen molar-refractivity contribution in [3.05, 3.63) is 34.9 Å². The highest BCUT2D eigenvalue weighted by Crippen LogP contribution is 2.25. The minimum Gasteiger partial charge on any atom is -0.456 e. The van der Waals surface area contributed by atoms with Crippen LogP contribution in [0.3, 0.4) is 0 Å². The lowest BCUT2D eigenvalue weighted by molar-refractivity contribution is -0.148. The Morgan fingerprint density at radius 2 is 2.00 bits per heavy atom. The summed E-state index contributed by atoms with van der Waals surface area (Å²) in [5.41, 5.74) is 0.836. The summed E-state index contributed by atoms with van der Waals surface area (Å²) in [7, 11) is 0. The van der Waals surface area contributed by atoms with Gasteiger partial charge in [-0.05, 0) is 45.4 Å². The molecule has 0 heterocycles. The number of carbonyl (C=O) groups is 1. The van der Waals surface area contributed by atoms with Crippen LogP contribution in [0.25, 0.3) is 0 Å². The highest BCUT2D eigenvalue weighted by atomic mass is 35.5. The van der Waals surface area contributed by atoms with E-state index in [0.29, 0.717) is 5.02 Å². The molecule has 1 aromatic carbocycles. The molecule has 4 heteroatoms. The molecule has 3 nitrogen and oxygen atoms in total. The molecule has 1 rings (SSSR count). The Bertz CT molecular complexity index is 440. The predicted molar refractivity (Wildman–Crippen MR) is 78.3 cm³/mol. The molecule has 0 radical (unpaired) electrons. The average Bonchev–Trinajstić information content (AvgIpc) is 2.23. The molecule has 0 amide bonds. The molecule has 1 N–H and O–H groups in total. The zero-order valence-electron chi connectivity index (χ0n) is 12.2. The molecule has 0 fully saturated rings. The minimum atomic E-state index is -0.351. The van der Waals surface area contributed by atoms with Crippen molar-refractivity contribution in [2.24, 2.45) is 0 Å². The summed E-state index contributed by atoms with van der Waals surface area (Å²) < 4.78 is 5.44. The third kappa shape index (κ3) is 5.62. The number of benzene rings is 1. The van der Waals surface area contributed by atoms with E-state index in [0.717, 1.165) is 5.56 Å². The van der Waals surface area contributed by atoms with Gasteiger partial charge in [0.1, 0.15) is 6.10 Å². The third-order valence-corrected chi connectivity index (χ3v) is 2.82. The third-order valence-electron chi connectivity index (χ3n) is 2.58. The van der Waals surface area contributed by atoms with Gasteiger partial charge in [0.2, 0.25) is 0 Å². The number of nitrogens with one attached hydrogen (secondary N) is 1. The lowest BCUT2D eigenvalue weighted by Crippen LogP contribution is -2.45. The summed E-state index contributed by atoms with van der Waals surface area (Å²) in [5, 5.41) is 4.06. The van der Waals surface area contributed by atoms with Gasteiger partial charge in [-0.1, -0.05) is 23.7 Å². The molecule has 0 aromatic heterocycles. The van der Waals surface area contributed by atoms with Crippen LogP contribution in [-0.2, 0) is 9.53 Å². The topological polar surface area (TPSA) is 38.3 Å². The summed E-state index contributed by atoms with van der Waals surface area (Å²) in [6.45, 7) is 9.64. The van der Waals surface area contributed by atoms with Crippen LogP contribution in [-0.4, -0.2) is 17.6 Å². The molecule has 2 atom stereocenters. The highest BCUT2D eigenvalue weighted by Gasteiger charge is 2.25. The first kappa shape index (κ1) is 16.0. The summed E-state index contributed by atoms with van der Waals surface area (Å²) in [4.78, 5) is 11.3. The Morgan fingerprint density at radius 1 is 1.37 bits per heavy atom. The maximum Gasteiger partial charge on any atom is 0.303 e. The number of rotatable bonds is 4. The van der Waals surface area contributed by atoms with Crippen molar-refractivity contribution in [2.45, 2.75) is 52.3 Å². The summed E-state index contributed by atoms with van der Waals surface area (Å²) in [6.07, 6.45) is -0.351. The van der Waals surface area contributed by atoms with E-state index in [2.05, 4.69) is 26.1 Å². The zero-order chi connectivity index (χ0) is 14.6. The Hall–Kier alpha value is -1.06. The molecule has 1 unspecified atom stereocenters. The van der Waals surface area contributed by atoms with E-state index < -0.39 is 0 Å². The smallest absolute Gasteiger partial charge is 0.303 e. The van der Waals surface area contributed by atoms with Gasteiger partial charge in [-0.3, -0.25) is 4.79 Å². The number of halogens is 1. The van der Waals surface area contributed by atoms with Crippen LogP contribution in [0.4, 0.5) is 0 Å². The van der Waals surface area contributed by atoms with E-state index >= 15 is 0 Å². The van der Waals surface area contributed by atoms with E-state index in [1.54, 1.807) is 6.07 Å². The van der Waals surface area contributed by atoms with Crippen molar-refractivity contribution >= 4 is 17.6 Å². The molecule has 0 aliphatic heterocycles. The zero-order valence-corrected chi connectivity index (χ0v) is 12.9. The SMILES string of the molecule is CC(=O)O[C@@H](c1cccc(Cl)c1)C(C)NC(C)(C)C. The van der Waals surface area contributed by atoms with Crippen molar-refractivity contribution in [3.63, 3.8) is 0 Å². The summed E-state index contributed by atoms with van der Waals surface area (Å²) in [6, 6.07) is 7.40. The van der Waals surface area contributed by atoms with Crippen molar-refractivity contribution in [3.8, 4) is 0 Å². The van der Waals surface area contributed by atoms with E-state index in [1.807, 2.05) is 25.1 Å². The maximum atomic E-state index is 11.3. The Labute approximate surface area is 120 Å². The van der Waals surface area contributed by atoms with Crippen LogP contribution in [0.1, 0.15) is 46.3 Å². The van der Waals surface area contributed by atoms with Crippen molar-refractivity contribution < 1.29 is 9.53 Å². The quantitative estimate of drug-likeness (QED) is 0.856. The lowest BCUT2D eigenvalue weighted by atomic mass is 10.00. The summed E-state index contributed by atoms with van der Waals surface area (Å²) in [5.74, 6) is -0.299. The molecule has 1 aromatic rings. The minimum absolute atomic E-state index is 0.0117. The van der Waals surface area contributed by atoms with Crippen LogP contribution in [0.5, 0.6) is 0 Å². The van der Waals surface area contributed by atoms with Gasteiger partial charge in [0.15, 0.2) is 0 Å². The first-order valence-electron chi connectivity index (χ1n) is 6.39. The number of carbonyl (C=O) groups excluding carboxylic acids is 1. The molecular weight excluding hydrogens is 262 g/mol. The van der Waals surface area contributed by atoms with Gasteiger partial charge < -0.3 is 10.1 Å². The van der Waals surface area contributed by atoms with Crippen LogP contribution < -0.4 is 5.32 Å². The molecule has 0 saturated carbocycles. The fraction of sp³-hybridized carbons (Fsp3) is 0.533. The van der Waals surface area contributed by atoms with Gasteiger partial charge in [-0.2, -0.15) is 0 Å². The van der Waals surface area contributed by atoms with Gasteiger partial charge >= 0.3 is 5.97 Å². The highest BCUT2D eigenvalue weighted by molar-refractivity contribution is 6.30. The maximum absolute atomic E-state index is 11.3. The van der Waals surface area contributed by atoms with Crippen molar-refractivity contribution in [2.75, 3.05) is 0 Å². The second-order valence-electron chi connectivity index (χ2n) is 5.77. The molecule has 106 valence electrons. The van der Waals surface area contributed by atoms with E-state index in [1.165, 1.54) is 6.92 Å². The first-order valence-corrected chi connectivity index (χ1v) is 6.77. The van der Waals surface area contributed by atoms with Crippen LogP contribution in [0, 0.1) is 0 Å². The predicted octanol–water partition coefficient (Wildman–Crippen LogP) is 3.72.